The van der Waals surface area contributed by atoms with Gasteiger partial charge in [-0.2, -0.15) is 0 Å². The molecular weight excluding hydrogens is 322 g/mol. The zero-order valence-corrected chi connectivity index (χ0v) is 15.7. The lowest BCUT2D eigenvalue weighted by Crippen LogP contribution is -2.47. The molecule has 1 amide bonds. The topological polar surface area (TPSA) is 38.8 Å². The Kier molecular flexibility index (Phi) is 5.23. The Morgan fingerprint density at radius 1 is 1.12 bits per heavy atom. The maximum atomic E-state index is 12.4. The van der Waals surface area contributed by atoms with Crippen LogP contribution in [0, 0.1) is 0 Å². The number of rotatable bonds is 3. The molecule has 0 aromatic heterocycles. The van der Waals surface area contributed by atoms with Crippen molar-refractivity contribution in [1.82, 2.24) is 4.90 Å². The van der Waals surface area contributed by atoms with Crippen molar-refractivity contribution in [3.63, 3.8) is 0 Å². The molecule has 5 heteroatoms. The van der Waals surface area contributed by atoms with Gasteiger partial charge in [0.2, 0.25) is 5.91 Å². The van der Waals surface area contributed by atoms with E-state index in [-0.39, 0.29) is 11.3 Å². The predicted octanol–water partition coefficient (Wildman–Crippen LogP) is 3.44. The summed E-state index contributed by atoms with van der Waals surface area (Å²) in [7, 11) is 0. The average Bonchev–Trinajstić information content (AvgIpc) is 3.01. The summed E-state index contributed by atoms with van der Waals surface area (Å²) in [6.07, 6.45) is 1.56. The number of ether oxygens (including phenoxy) is 2. The summed E-state index contributed by atoms with van der Waals surface area (Å²) in [6, 6.07) is 8.55. The van der Waals surface area contributed by atoms with Crippen LogP contribution in [0.3, 0.4) is 0 Å². The highest BCUT2D eigenvalue weighted by Crippen LogP contribution is 2.32. The molecule has 1 aromatic rings. The van der Waals surface area contributed by atoms with E-state index in [0.717, 1.165) is 30.8 Å². The summed E-state index contributed by atoms with van der Waals surface area (Å²) < 4.78 is 11.4. The molecular formula is C19H27NO3S. The highest BCUT2D eigenvalue weighted by atomic mass is 32.2. The number of nitrogens with zero attached hydrogens (tertiary/aromatic N) is 1. The minimum absolute atomic E-state index is 0.160. The van der Waals surface area contributed by atoms with Crippen LogP contribution in [0.4, 0.5) is 0 Å². The van der Waals surface area contributed by atoms with E-state index < -0.39 is 5.79 Å². The molecule has 2 aliphatic rings. The van der Waals surface area contributed by atoms with Gasteiger partial charge in [0, 0.05) is 30.8 Å². The molecule has 0 unspecified atom stereocenters. The summed E-state index contributed by atoms with van der Waals surface area (Å²) >= 11 is 1.61. The smallest absolute Gasteiger partial charge is 0.232 e. The van der Waals surface area contributed by atoms with Crippen LogP contribution in [-0.2, 0) is 19.7 Å². The molecule has 0 radical (unpaired) electrons. The Morgan fingerprint density at radius 2 is 1.71 bits per heavy atom. The van der Waals surface area contributed by atoms with Gasteiger partial charge in [-0.05, 0) is 23.1 Å². The Bertz CT molecular complexity index is 563. The predicted molar refractivity (Wildman–Crippen MR) is 96.3 cm³/mol. The van der Waals surface area contributed by atoms with Crippen LogP contribution in [0.1, 0.15) is 39.2 Å². The van der Waals surface area contributed by atoms with E-state index in [4.69, 9.17) is 9.47 Å². The van der Waals surface area contributed by atoms with Gasteiger partial charge in [0.15, 0.2) is 5.79 Å². The van der Waals surface area contributed by atoms with Gasteiger partial charge in [-0.15, -0.1) is 11.8 Å². The van der Waals surface area contributed by atoms with Crippen molar-refractivity contribution in [3.8, 4) is 0 Å². The number of carbonyl (C=O) groups excluding carboxylic acids is 1. The molecule has 0 aliphatic carbocycles. The van der Waals surface area contributed by atoms with Crippen molar-refractivity contribution in [2.45, 2.75) is 49.7 Å². The number of carbonyl (C=O) groups is 1. The van der Waals surface area contributed by atoms with Gasteiger partial charge in [0.1, 0.15) is 0 Å². The number of benzene rings is 1. The van der Waals surface area contributed by atoms with E-state index in [9.17, 15) is 4.79 Å². The standard InChI is InChI=1S/C19H27NO3S/c1-18(2,3)15-4-6-16(7-5-15)24-14-17(21)20-10-8-19(9-11-20)22-12-13-23-19/h4-7H,8-14H2,1-3H3. The lowest BCUT2D eigenvalue weighted by atomic mass is 9.87. The van der Waals surface area contributed by atoms with E-state index in [1.165, 1.54) is 5.56 Å². The molecule has 0 atom stereocenters. The Balaban J connectivity index is 1.47. The second-order valence-electron chi connectivity index (χ2n) is 7.55. The molecule has 0 N–H and O–H groups in total. The van der Waals surface area contributed by atoms with Crippen molar-refractivity contribution in [2.24, 2.45) is 0 Å². The minimum Gasteiger partial charge on any atom is -0.347 e. The number of likely N-dealkylation sites (tertiary alicyclic amines) is 1. The maximum absolute atomic E-state index is 12.4. The first-order valence-electron chi connectivity index (χ1n) is 8.67. The fourth-order valence-corrected chi connectivity index (χ4v) is 3.97. The van der Waals surface area contributed by atoms with Crippen molar-refractivity contribution in [3.05, 3.63) is 29.8 Å². The minimum atomic E-state index is -0.410. The molecule has 1 spiro atoms. The lowest BCUT2D eigenvalue weighted by Gasteiger charge is -2.37. The van der Waals surface area contributed by atoms with Gasteiger partial charge < -0.3 is 14.4 Å². The molecule has 2 saturated heterocycles. The monoisotopic (exact) mass is 349 g/mol. The Hall–Kier alpha value is -1.04. The van der Waals surface area contributed by atoms with Crippen molar-refractivity contribution in [1.29, 1.82) is 0 Å². The van der Waals surface area contributed by atoms with Crippen LogP contribution < -0.4 is 0 Å². The fourth-order valence-electron chi connectivity index (χ4n) is 3.17. The molecule has 24 heavy (non-hydrogen) atoms. The highest BCUT2D eigenvalue weighted by Gasteiger charge is 2.40. The molecule has 2 fully saturated rings. The molecule has 0 saturated carbocycles. The first kappa shape index (κ1) is 17.8. The molecule has 132 valence electrons. The molecule has 1 aromatic carbocycles. The van der Waals surface area contributed by atoms with Gasteiger partial charge in [-0.3, -0.25) is 4.79 Å². The van der Waals surface area contributed by atoms with E-state index >= 15 is 0 Å². The normalized spacial score (nSPS) is 20.5. The summed E-state index contributed by atoms with van der Waals surface area (Å²) in [4.78, 5) is 15.5. The zero-order valence-electron chi connectivity index (χ0n) is 14.8. The summed E-state index contributed by atoms with van der Waals surface area (Å²) in [5, 5.41) is 0. The van der Waals surface area contributed by atoms with Crippen LogP contribution in [0.2, 0.25) is 0 Å². The zero-order chi connectivity index (χ0) is 17.2. The molecule has 2 aliphatic heterocycles. The third-order valence-corrected chi connectivity index (χ3v) is 5.77. The van der Waals surface area contributed by atoms with Crippen molar-refractivity contribution >= 4 is 17.7 Å². The Labute approximate surface area is 148 Å². The van der Waals surface area contributed by atoms with E-state index in [1.807, 2.05) is 4.90 Å². The van der Waals surface area contributed by atoms with Gasteiger partial charge in [0.25, 0.3) is 0 Å². The first-order chi connectivity index (χ1) is 11.4. The van der Waals surface area contributed by atoms with Crippen LogP contribution in [0.25, 0.3) is 0 Å². The van der Waals surface area contributed by atoms with Gasteiger partial charge in [-0.1, -0.05) is 32.9 Å². The van der Waals surface area contributed by atoms with E-state index in [0.29, 0.717) is 19.0 Å². The van der Waals surface area contributed by atoms with Gasteiger partial charge in [0.05, 0.1) is 19.0 Å². The molecule has 0 bridgehead atoms. The number of hydrogen-bond acceptors (Lipinski definition) is 4. The largest absolute Gasteiger partial charge is 0.347 e. The molecule has 2 heterocycles. The second kappa shape index (κ2) is 7.06. The van der Waals surface area contributed by atoms with Crippen molar-refractivity contribution < 1.29 is 14.3 Å². The van der Waals surface area contributed by atoms with Crippen LogP contribution in [0.15, 0.2) is 29.2 Å². The van der Waals surface area contributed by atoms with E-state index in [1.54, 1.807) is 11.8 Å². The van der Waals surface area contributed by atoms with Crippen LogP contribution in [-0.4, -0.2) is 48.7 Å². The van der Waals surface area contributed by atoms with Crippen LogP contribution >= 0.6 is 11.8 Å². The van der Waals surface area contributed by atoms with Gasteiger partial charge >= 0.3 is 0 Å². The third kappa shape index (κ3) is 4.13. The van der Waals surface area contributed by atoms with Crippen molar-refractivity contribution in [2.75, 3.05) is 32.1 Å². The molecule has 4 nitrogen and oxygen atoms in total. The molecule has 3 rings (SSSR count). The quantitative estimate of drug-likeness (QED) is 0.784. The lowest BCUT2D eigenvalue weighted by molar-refractivity contribution is -0.186. The summed E-state index contributed by atoms with van der Waals surface area (Å²) in [5.74, 6) is 0.281. The van der Waals surface area contributed by atoms with Crippen LogP contribution in [0.5, 0.6) is 0 Å². The number of thioether (sulfide) groups is 1. The Morgan fingerprint density at radius 3 is 2.25 bits per heavy atom. The number of amides is 1. The second-order valence-corrected chi connectivity index (χ2v) is 8.60. The fraction of sp³-hybridized carbons (Fsp3) is 0.632. The average molecular weight is 349 g/mol. The summed E-state index contributed by atoms with van der Waals surface area (Å²) in [5.41, 5.74) is 1.48. The SMILES string of the molecule is CC(C)(C)c1ccc(SCC(=O)N2CCC3(CC2)OCCO3)cc1. The number of piperidine rings is 1. The first-order valence-corrected chi connectivity index (χ1v) is 9.66. The number of hydrogen-bond donors (Lipinski definition) is 0. The van der Waals surface area contributed by atoms with E-state index in [2.05, 4.69) is 45.0 Å². The third-order valence-electron chi connectivity index (χ3n) is 4.77. The summed E-state index contributed by atoms with van der Waals surface area (Å²) in [6.45, 7) is 9.42. The maximum Gasteiger partial charge on any atom is 0.232 e. The van der Waals surface area contributed by atoms with Gasteiger partial charge in [-0.25, -0.2) is 0 Å². The highest BCUT2D eigenvalue weighted by molar-refractivity contribution is 8.00.